The zero-order valence-electron chi connectivity index (χ0n) is 9.95. The highest BCUT2D eigenvalue weighted by Crippen LogP contribution is 2.07. The molecule has 5 nitrogen and oxygen atoms in total. The first-order valence-electron chi connectivity index (χ1n) is 5.89. The molecule has 1 fully saturated rings. The number of methoxy groups -OCH3 is 1. The fraction of sp³-hybridized carbons (Fsp3) is 0.909. The van der Waals surface area contributed by atoms with Gasteiger partial charge in [-0.1, -0.05) is 0 Å². The van der Waals surface area contributed by atoms with Crippen LogP contribution in [0.25, 0.3) is 0 Å². The Morgan fingerprint density at radius 3 is 3.00 bits per heavy atom. The van der Waals surface area contributed by atoms with Gasteiger partial charge in [-0.2, -0.15) is 0 Å². The van der Waals surface area contributed by atoms with E-state index in [1.165, 1.54) is 6.42 Å². The van der Waals surface area contributed by atoms with Gasteiger partial charge in [0.2, 0.25) is 5.91 Å². The van der Waals surface area contributed by atoms with Crippen LogP contribution in [0.3, 0.4) is 0 Å². The number of amides is 1. The summed E-state index contributed by atoms with van der Waals surface area (Å²) >= 11 is 0. The van der Waals surface area contributed by atoms with E-state index in [0.29, 0.717) is 32.2 Å². The van der Waals surface area contributed by atoms with Gasteiger partial charge >= 0.3 is 0 Å². The number of hydrogen-bond donors (Lipinski definition) is 2. The van der Waals surface area contributed by atoms with Crippen molar-refractivity contribution in [3.05, 3.63) is 0 Å². The molecular weight excluding hydrogens is 208 g/mol. The van der Waals surface area contributed by atoms with Crippen molar-refractivity contribution >= 4 is 5.91 Å². The van der Waals surface area contributed by atoms with Crippen molar-refractivity contribution in [2.45, 2.75) is 25.3 Å². The first kappa shape index (κ1) is 13.4. The molecule has 1 unspecified atom stereocenters. The van der Waals surface area contributed by atoms with E-state index in [2.05, 4.69) is 5.32 Å². The number of ether oxygens (including phenoxy) is 1. The third-order valence-corrected chi connectivity index (χ3v) is 2.85. The standard InChI is InChI=1S/C11H22N2O3/c1-16-8-4-11(15)13(6-7-14)9-10-3-2-5-12-10/h10,12,14H,2-9H2,1H3. The maximum Gasteiger partial charge on any atom is 0.225 e. The van der Waals surface area contributed by atoms with Crippen LogP contribution in [-0.2, 0) is 9.53 Å². The van der Waals surface area contributed by atoms with Crippen molar-refractivity contribution in [2.75, 3.05) is 40.0 Å². The molecule has 1 atom stereocenters. The summed E-state index contributed by atoms with van der Waals surface area (Å²) in [6.45, 7) is 2.61. The third kappa shape index (κ3) is 4.47. The summed E-state index contributed by atoms with van der Waals surface area (Å²) in [4.78, 5) is 13.5. The van der Waals surface area contributed by atoms with E-state index in [9.17, 15) is 4.79 Å². The molecule has 1 amide bonds. The molecule has 0 bridgehead atoms. The van der Waals surface area contributed by atoms with Gasteiger partial charge in [0.25, 0.3) is 0 Å². The molecule has 0 aliphatic carbocycles. The molecular formula is C11H22N2O3. The Kier molecular flexibility index (Phi) is 6.37. The van der Waals surface area contributed by atoms with Gasteiger partial charge in [-0.3, -0.25) is 4.79 Å². The van der Waals surface area contributed by atoms with E-state index < -0.39 is 0 Å². The highest BCUT2D eigenvalue weighted by molar-refractivity contribution is 5.76. The van der Waals surface area contributed by atoms with Crippen LogP contribution >= 0.6 is 0 Å². The van der Waals surface area contributed by atoms with Gasteiger partial charge in [0.05, 0.1) is 19.6 Å². The van der Waals surface area contributed by atoms with Crippen LogP contribution in [0.1, 0.15) is 19.3 Å². The molecule has 5 heteroatoms. The number of carbonyl (C=O) groups excluding carboxylic acids is 1. The largest absolute Gasteiger partial charge is 0.395 e. The highest BCUT2D eigenvalue weighted by Gasteiger charge is 2.20. The van der Waals surface area contributed by atoms with Crippen molar-refractivity contribution in [1.29, 1.82) is 0 Å². The van der Waals surface area contributed by atoms with E-state index >= 15 is 0 Å². The summed E-state index contributed by atoms with van der Waals surface area (Å²) in [6.07, 6.45) is 2.67. The van der Waals surface area contributed by atoms with E-state index in [4.69, 9.17) is 9.84 Å². The van der Waals surface area contributed by atoms with Crippen molar-refractivity contribution in [3.63, 3.8) is 0 Å². The Morgan fingerprint density at radius 2 is 2.44 bits per heavy atom. The van der Waals surface area contributed by atoms with Crippen LogP contribution in [0.4, 0.5) is 0 Å². The highest BCUT2D eigenvalue weighted by atomic mass is 16.5. The van der Waals surface area contributed by atoms with Crippen molar-refractivity contribution in [1.82, 2.24) is 10.2 Å². The first-order valence-corrected chi connectivity index (χ1v) is 5.89. The monoisotopic (exact) mass is 230 g/mol. The second-order valence-electron chi connectivity index (χ2n) is 4.10. The second kappa shape index (κ2) is 7.60. The van der Waals surface area contributed by atoms with E-state index in [1.54, 1.807) is 12.0 Å². The van der Waals surface area contributed by atoms with E-state index in [0.717, 1.165) is 13.0 Å². The molecule has 16 heavy (non-hydrogen) atoms. The molecule has 2 N–H and O–H groups in total. The van der Waals surface area contributed by atoms with E-state index in [1.807, 2.05) is 0 Å². The van der Waals surface area contributed by atoms with Gasteiger partial charge in [0, 0.05) is 26.2 Å². The topological polar surface area (TPSA) is 61.8 Å². The quantitative estimate of drug-likeness (QED) is 0.624. The molecule has 1 aliphatic rings. The van der Waals surface area contributed by atoms with Gasteiger partial charge in [0.15, 0.2) is 0 Å². The lowest BCUT2D eigenvalue weighted by Gasteiger charge is -2.25. The van der Waals surface area contributed by atoms with Crippen LogP contribution in [-0.4, -0.2) is 61.9 Å². The van der Waals surface area contributed by atoms with Crippen molar-refractivity contribution in [3.8, 4) is 0 Å². The fourth-order valence-corrected chi connectivity index (χ4v) is 1.96. The molecule has 94 valence electrons. The number of aliphatic hydroxyl groups excluding tert-OH is 1. The molecule has 1 rings (SSSR count). The normalized spacial score (nSPS) is 20.0. The number of aliphatic hydroxyl groups is 1. The molecule has 0 aromatic heterocycles. The fourth-order valence-electron chi connectivity index (χ4n) is 1.96. The molecule has 0 aromatic rings. The van der Waals surface area contributed by atoms with Gasteiger partial charge in [-0.25, -0.2) is 0 Å². The molecule has 1 heterocycles. The lowest BCUT2D eigenvalue weighted by atomic mass is 10.2. The molecule has 0 aromatic carbocycles. The van der Waals surface area contributed by atoms with Crippen LogP contribution in [0.2, 0.25) is 0 Å². The van der Waals surface area contributed by atoms with Gasteiger partial charge in [-0.15, -0.1) is 0 Å². The van der Waals surface area contributed by atoms with Gasteiger partial charge in [0.1, 0.15) is 0 Å². The minimum atomic E-state index is 0.0193. The number of rotatable bonds is 7. The third-order valence-electron chi connectivity index (χ3n) is 2.85. The van der Waals surface area contributed by atoms with Crippen LogP contribution in [0.5, 0.6) is 0 Å². The molecule has 0 spiro atoms. The predicted octanol–water partition coefficient (Wildman–Crippen LogP) is -0.404. The Labute approximate surface area is 96.8 Å². The molecule has 0 saturated carbocycles. The lowest BCUT2D eigenvalue weighted by molar-refractivity contribution is -0.133. The minimum Gasteiger partial charge on any atom is -0.395 e. The zero-order chi connectivity index (χ0) is 11.8. The SMILES string of the molecule is COCCC(=O)N(CCO)CC1CCCN1. The Balaban J connectivity index is 2.35. The smallest absolute Gasteiger partial charge is 0.225 e. The minimum absolute atomic E-state index is 0.0193. The molecule has 1 saturated heterocycles. The zero-order valence-corrected chi connectivity index (χ0v) is 9.95. The lowest BCUT2D eigenvalue weighted by Crippen LogP contribution is -2.42. The van der Waals surface area contributed by atoms with Gasteiger partial charge in [-0.05, 0) is 19.4 Å². The maximum atomic E-state index is 11.8. The molecule has 1 aliphatic heterocycles. The van der Waals surface area contributed by atoms with Crippen LogP contribution in [0.15, 0.2) is 0 Å². The van der Waals surface area contributed by atoms with Crippen LogP contribution in [0, 0.1) is 0 Å². The Morgan fingerprint density at radius 1 is 1.62 bits per heavy atom. The van der Waals surface area contributed by atoms with E-state index in [-0.39, 0.29) is 12.5 Å². The summed E-state index contributed by atoms with van der Waals surface area (Å²) < 4.78 is 4.89. The second-order valence-corrected chi connectivity index (χ2v) is 4.10. The average molecular weight is 230 g/mol. The summed E-state index contributed by atoms with van der Waals surface area (Å²) in [7, 11) is 1.59. The van der Waals surface area contributed by atoms with Crippen molar-refractivity contribution < 1.29 is 14.6 Å². The van der Waals surface area contributed by atoms with Gasteiger partial charge < -0.3 is 20.1 Å². The number of nitrogens with one attached hydrogen (secondary N) is 1. The summed E-state index contributed by atoms with van der Waals surface area (Å²) in [5.41, 5.74) is 0. The summed E-state index contributed by atoms with van der Waals surface area (Å²) in [5, 5.41) is 12.3. The van der Waals surface area contributed by atoms with Crippen LogP contribution < -0.4 is 5.32 Å². The number of nitrogens with zero attached hydrogens (tertiary/aromatic N) is 1. The Bertz CT molecular complexity index is 205. The number of carbonyl (C=O) groups is 1. The first-order chi connectivity index (χ1) is 7.77. The molecule has 0 radical (unpaired) electrons. The predicted molar refractivity (Wildman–Crippen MR) is 61.2 cm³/mol. The number of hydrogen-bond acceptors (Lipinski definition) is 4. The Hall–Kier alpha value is -0.650. The van der Waals surface area contributed by atoms with Crippen molar-refractivity contribution in [2.24, 2.45) is 0 Å². The average Bonchev–Trinajstić information content (AvgIpc) is 2.78. The summed E-state index contributed by atoms with van der Waals surface area (Å²) in [5.74, 6) is 0.0598. The summed E-state index contributed by atoms with van der Waals surface area (Å²) in [6, 6.07) is 0.387. The maximum absolute atomic E-state index is 11.8.